The summed E-state index contributed by atoms with van der Waals surface area (Å²) in [5.74, 6) is 1.50. The molecule has 3 nitrogen and oxygen atoms in total. The molecule has 1 aromatic rings. The lowest BCUT2D eigenvalue weighted by Crippen LogP contribution is -2.37. The first-order valence-electron chi connectivity index (χ1n) is 6.42. The van der Waals surface area contributed by atoms with Gasteiger partial charge in [-0.05, 0) is 64.9 Å². The van der Waals surface area contributed by atoms with Gasteiger partial charge in [0, 0.05) is 12.2 Å². The Morgan fingerprint density at radius 2 is 2.39 bits per heavy atom. The van der Waals surface area contributed by atoms with Crippen molar-refractivity contribution in [2.24, 2.45) is 5.92 Å². The molecular formula is C14H17BrN2O. The number of ether oxygens (including phenoxy) is 1. The van der Waals surface area contributed by atoms with Gasteiger partial charge in [0.25, 0.3) is 0 Å². The molecule has 0 bridgehead atoms. The fourth-order valence-corrected chi connectivity index (χ4v) is 3.30. The molecule has 1 aliphatic carbocycles. The predicted octanol–water partition coefficient (Wildman–Crippen LogP) is 3.01. The largest absolute Gasteiger partial charge is 0.494 e. The summed E-state index contributed by atoms with van der Waals surface area (Å²) in [7, 11) is 1.68. The van der Waals surface area contributed by atoms with Crippen LogP contribution in [-0.2, 0) is 0 Å². The number of nitrogens with one attached hydrogen (secondary N) is 1. The Hall–Kier alpha value is -0.870. The molecule has 1 aromatic heterocycles. The summed E-state index contributed by atoms with van der Waals surface area (Å²) < 4.78 is 6.08. The molecule has 2 aliphatic rings. The van der Waals surface area contributed by atoms with Crippen molar-refractivity contribution >= 4 is 21.5 Å². The van der Waals surface area contributed by atoms with E-state index in [1.807, 2.05) is 6.20 Å². The first-order chi connectivity index (χ1) is 8.78. The Labute approximate surface area is 116 Å². The van der Waals surface area contributed by atoms with Crippen molar-refractivity contribution in [1.82, 2.24) is 10.3 Å². The van der Waals surface area contributed by atoms with Gasteiger partial charge in [-0.15, -0.1) is 0 Å². The van der Waals surface area contributed by atoms with E-state index in [2.05, 4.69) is 38.4 Å². The summed E-state index contributed by atoms with van der Waals surface area (Å²) in [5.41, 5.74) is 2.59. The van der Waals surface area contributed by atoms with E-state index in [-0.39, 0.29) is 0 Å². The van der Waals surface area contributed by atoms with E-state index < -0.39 is 0 Å². The molecule has 1 fully saturated rings. The monoisotopic (exact) mass is 308 g/mol. The summed E-state index contributed by atoms with van der Waals surface area (Å²) in [6.45, 7) is 1.16. The maximum Gasteiger partial charge on any atom is 0.152 e. The van der Waals surface area contributed by atoms with E-state index in [9.17, 15) is 0 Å². The number of methoxy groups -OCH3 is 1. The third-order valence-corrected chi connectivity index (χ3v) is 4.49. The van der Waals surface area contributed by atoms with Crippen molar-refractivity contribution in [3.63, 3.8) is 0 Å². The zero-order chi connectivity index (χ0) is 12.5. The number of pyridine rings is 1. The van der Waals surface area contributed by atoms with Gasteiger partial charge in [-0.1, -0.05) is 6.08 Å². The van der Waals surface area contributed by atoms with Gasteiger partial charge in [0.2, 0.25) is 0 Å². The predicted molar refractivity (Wildman–Crippen MR) is 75.6 cm³/mol. The number of hydrogen-bond acceptors (Lipinski definition) is 3. The summed E-state index contributed by atoms with van der Waals surface area (Å²) in [6, 6.07) is 2.70. The first kappa shape index (κ1) is 12.2. The molecule has 3 rings (SSSR count). The van der Waals surface area contributed by atoms with Crippen LogP contribution in [0.1, 0.15) is 24.8 Å². The highest BCUT2D eigenvalue weighted by atomic mass is 79.9. The van der Waals surface area contributed by atoms with E-state index in [1.165, 1.54) is 24.0 Å². The smallest absolute Gasteiger partial charge is 0.152 e. The van der Waals surface area contributed by atoms with Crippen molar-refractivity contribution < 1.29 is 4.74 Å². The number of nitrogens with zero attached hydrogens (tertiary/aromatic N) is 1. The lowest BCUT2D eigenvalue weighted by atomic mass is 9.94. The van der Waals surface area contributed by atoms with Crippen LogP contribution in [-0.4, -0.2) is 24.7 Å². The maximum atomic E-state index is 5.31. The van der Waals surface area contributed by atoms with Crippen LogP contribution in [0.4, 0.5) is 0 Å². The highest BCUT2D eigenvalue weighted by Gasteiger charge is 2.30. The van der Waals surface area contributed by atoms with Crippen LogP contribution in [0.15, 0.2) is 22.9 Å². The van der Waals surface area contributed by atoms with Gasteiger partial charge >= 0.3 is 0 Å². The van der Waals surface area contributed by atoms with E-state index in [0.29, 0.717) is 12.0 Å². The zero-order valence-electron chi connectivity index (χ0n) is 10.4. The minimum Gasteiger partial charge on any atom is -0.494 e. The quantitative estimate of drug-likeness (QED) is 0.853. The number of piperidine rings is 1. The van der Waals surface area contributed by atoms with Crippen LogP contribution in [0.5, 0.6) is 5.75 Å². The highest BCUT2D eigenvalue weighted by Crippen LogP contribution is 2.37. The number of hydrogen-bond donors (Lipinski definition) is 1. The Morgan fingerprint density at radius 1 is 1.50 bits per heavy atom. The molecule has 0 unspecified atom stereocenters. The third kappa shape index (κ3) is 2.19. The van der Waals surface area contributed by atoms with Crippen molar-refractivity contribution in [2.45, 2.75) is 25.3 Å². The van der Waals surface area contributed by atoms with Crippen LogP contribution < -0.4 is 10.1 Å². The van der Waals surface area contributed by atoms with Crippen molar-refractivity contribution in [3.8, 4) is 5.75 Å². The maximum absolute atomic E-state index is 5.31. The third-order valence-electron chi connectivity index (χ3n) is 3.89. The molecule has 0 spiro atoms. The van der Waals surface area contributed by atoms with Crippen molar-refractivity contribution in [3.05, 3.63) is 28.5 Å². The van der Waals surface area contributed by atoms with E-state index in [0.717, 1.165) is 23.3 Å². The van der Waals surface area contributed by atoms with Crippen LogP contribution in [0.2, 0.25) is 0 Å². The summed E-state index contributed by atoms with van der Waals surface area (Å²) in [6.07, 6.45) is 8.04. The molecule has 96 valence electrons. The van der Waals surface area contributed by atoms with Gasteiger partial charge in [-0.25, -0.2) is 4.98 Å². The molecule has 1 aliphatic heterocycles. The van der Waals surface area contributed by atoms with E-state index in [4.69, 9.17) is 4.74 Å². The van der Waals surface area contributed by atoms with E-state index >= 15 is 0 Å². The van der Waals surface area contributed by atoms with Crippen molar-refractivity contribution in [2.75, 3.05) is 13.7 Å². The SMILES string of the molecule is COc1cc(C2=C[C@@H]3CCCN[C@@H]3C2)cnc1Br. The second kappa shape index (κ2) is 5.02. The number of rotatable bonds is 2. The molecule has 1 N–H and O–H groups in total. The van der Waals surface area contributed by atoms with Gasteiger partial charge < -0.3 is 10.1 Å². The van der Waals surface area contributed by atoms with Crippen LogP contribution in [0, 0.1) is 5.92 Å². The second-order valence-corrected chi connectivity index (χ2v) is 5.73. The topological polar surface area (TPSA) is 34.1 Å². The van der Waals surface area contributed by atoms with Gasteiger partial charge in [-0.3, -0.25) is 0 Å². The molecule has 18 heavy (non-hydrogen) atoms. The Balaban J connectivity index is 1.87. The Morgan fingerprint density at radius 3 is 3.17 bits per heavy atom. The fourth-order valence-electron chi connectivity index (χ4n) is 2.92. The van der Waals surface area contributed by atoms with E-state index in [1.54, 1.807) is 7.11 Å². The van der Waals surface area contributed by atoms with Crippen molar-refractivity contribution in [1.29, 1.82) is 0 Å². The summed E-state index contributed by atoms with van der Waals surface area (Å²) >= 11 is 3.39. The summed E-state index contributed by atoms with van der Waals surface area (Å²) in [5, 5.41) is 3.61. The Bertz CT molecular complexity index is 487. The molecule has 1 saturated heterocycles. The first-order valence-corrected chi connectivity index (χ1v) is 7.21. The lowest BCUT2D eigenvalue weighted by Gasteiger charge is -2.25. The van der Waals surface area contributed by atoms with Crippen LogP contribution >= 0.6 is 15.9 Å². The number of aromatic nitrogens is 1. The number of halogens is 1. The standard InChI is InChI=1S/C14H17BrN2O/c1-18-13-7-11(8-17-14(13)15)10-5-9-3-2-4-16-12(9)6-10/h5,7-9,12,16H,2-4,6H2,1H3/t9-,12+/m0/s1. The normalized spacial score (nSPS) is 26.7. The number of fused-ring (bicyclic) bond motifs is 1. The second-order valence-electron chi connectivity index (χ2n) is 4.98. The molecule has 0 saturated carbocycles. The highest BCUT2D eigenvalue weighted by molar-refractivity contribution is 9.10. The lowest BCUT2D eigenvalue weighted by molar-refractivity contribution is 0.348. The molecule has 2 atom stereocenters. The molecule has 0 radical (unpaired) electrons. The average Bonchev–Trinajstić information content (AvgIpc) is 2.83. The van der Waals surface area contributed by atoms with Gasteiger partial charge in [-0.2, -0.15) is 0 Å². The molecule has 0 aromatic carbocycles. The minimum absolute atomic E-state index is 0.628. The molecule has 2 heterocycles. The fraction of sp³-hybridized carbons (Fsp3) is 0.500. The molecular weight excluding hydrogens is 292 g/mol. The average molecular weight is 309 g/mol. The van der Waals surface area contributed by atoms with Gasteiger partial charge in [0.1, 0.15) is 4.60 Å². The summed E-state index contributed by atoms with van der Waals surface area (Å²) in [4.78, 5) is 4.34. The van der Waals surface area contributed by atoms with Crippen LogP contribution in [0.25, 0.3) is 5.57 Å². The van der Waals surface area contributed by atoms with Crippen LogP contribution in [0.3, 0.4) is 0 Å². The van der Waals surface area contributed by atoms with Gasteiger partial charge in [0.15, 0.2) is 5.75 Å². The molecule has 4 heteroatoms. The Kier molecular flexibility index (Phi) is 3.39. The molecule has 0 amide bonds. The zero-order valence-corrected chi connectivity index (χ0v) is 12.0. The van der Waals surface area contributed by atoms with Gasteiger partial charge in [0.05, 0.1) is 7.11 Å². The minimum atomic E-state index is 0.628.